The zero-order chi connectivity index (χ0) is 15.0. The minimum absolute atomic E-state index is 0.0267. The Labute approximate surface area is 128 Å². The summed E-state index contributed by atoms with van der Waals surface area (Å²) in [6.45, 7) is 0. The minimum Gasteiger partial charge on any atom is -0.229 e. The highest BCUT2D eigenvalue weighted by atomic mass is 79.9. The van der Waals surface area contributed by atoms with E-state index in [0.29, 0.717) is 6.42 Å². The first-order valence-corrected chi connectivity index (χ1v) is 9.42. The zero-order valence-electron chi connectivity index (χ0n) is 10.2. The molecule has 0 spiro atoms. The number of hydrogen-bond donors (Lipinski definition) is 0. The summed E-state index contributed by atoms with van der Waals surface area (Å²) >= 11 is 3.30. The molecule has 2 rings (SSSR count). The first-order valence-electron chi connectivity index (χ1n) is 5.86. The highest BCUT2D eigenvalue weighted by Crippen LogP contribution is 2.40. The fourth-order valence-corrected chi connectivity index (χ4v) is 5.56. The van der Waals surface area contributed by atoms with Gasteiger partial charge in [-0.25, -0.2) is 8.42 Å². The molecule has 0 saturated carbocycles. The van der Waals surface area contributed by atoms with Crippen LogP contribution in [0.4, 0.5) is 13.2 Å². The van der Waals surface area contributed by atoms with Gasteiger partial charge < -0.3 is 0 Å². The molecule has 112 valence electrons. The molecular formula is C12H12BrF3O2S2. The number of rotatable bonds is 3. The number of alkyl halides is 4. The first kappa shape index (κ1) is 16.2. The maximum Gasteiger partial charge on any atom is 0.446 e. The maximum atomic E-state index is 12.2. The lowest BCUT2D eigenvalue weighted by atomic mass is 9.99. The van der Waals surface area contributed by atoms with Crippen LogP contribution in [0.15, 0.2) is 29.2 Å². The van der Waals surface area contributed by atoms with Gasteiger partial charge in [0.2, 0.25) is 0 Å². The van der Waals surface area contributed by atoms with Gasteiger partial charge in [-0.3, -0.25) is 0 Å². The van der Waals surface area contributed by atoms with E-state index in [1.165, 1.54) is 12.1 Å². The average Bonchev–Trinajstić information content (AvgIpc) is 2.68. The van der Waals surface area contributed by atoms with Gasteiger partial charge in [-0.15, -0.1) is 0 Å². The van der Waals surface area contributed by atoms with Crippen LogP contribution < -0.4 is 0 Å². The van der Waals surface area contributed by atoms with Gasteiger partial charge in [0.15, 0.2) is 9.84 Å². The van der Waals surface area contributed by atoms with Gasteiger partial charge in [0.1, 0.15) is 0 Å². The lowest BCUT2D eigenvalue weighted by molar-refractivity contribution is -0.0328. The molecule has 2 nitrogen and oxygen atoms in total. The Morgan fingerprint density at radius 3 is 2.30 bits per heavy atom. The standard InChI is InChI=1S/C12H12BrF3O2S2/c13-11(9-5-6-20(17,18)7-9)8-1-3-10(4-2-8)19-12(14,15)16/h1-4,9,11H,5-7H2. The monoisotopic (exact) mass is 388 g/mol. The van der Waals surface area contributed by atoms with Gasteiger partial charge in [-0.1, -0.05) is 28.1 Å². The van der Waals surface area contributed by atoms with Crippen LogP contribution in [0, 0.1) is 5.92 Å². The molecule has 8 heteroatoms. The second-order valence-electron chi connectivity index (χ2n) is 4.68. The normalized spacial score (nSPS) is 23.7. The molecule has 1 aliphatic heterocycles. The highest BCUT2D eigenvalue weighted by Gasteiger charge is 2.33. The van der Waals surface area contributed by atoms with Gasteiger partial charge in [0, 0.05) is 9.72 Å². The van der Waals surface area contributed by atoms with Gasteiger partial charge in [0.25, 0.3) is 0 Å². The molecule has 0 amide bonds. The third-order valence-corrected chi connectivity index (χ3v) is 6.92. The fraction of sp³-hybridized carbons (Fsp3) is 0.500. The van der Waals surface area contributed by atoms with Crippen LogP contribution in [0.25, 0.3) is 0 Å². The van der Waals surface area contributed by atoms with Crippen molar-refractivity contribution in [1.82, 2.24) is 0 Å². The van der Waals surface area contributed by atoms with Crippen molar-refractivity contribution in [2.24, 2.45) is 5.92 Å². The van der Waals surface area contributed by atoms with E-state index in [-0.39, 0.29) is 38.9 Å². The van der Waals surface area contributed by atoms with Gasteiger partial charge in [-0.2, -0.15) is 13.2 Å². The molecule has 20 heavy (non-hydrogen) atoms. The number of thioether (sulfide) groups is 1. The van der Waals surface area contributed by atoms with Crippen molar-refractivity contribution in [2.75, 3.05) is 11.5 Å². The molecule has 1 aromatic rings. The van der Waals surface area contributed by atoms with Crippen LogP contribution in [-0.4, -0.2) is 25.4 Å². The van der Waals surface area contributed by atoms with Crippen LogP contribution in [0.3, 0.4) is 0 Å². The Hall–Kier alpha value is -0.210. The lowest BCUT2D eigenvalue weighted by Crippen LogP contribution is -2.10. The topological polar surface area (TPSA) is 34.1 Å². The largest absolute Gasteiger partial charge is 0.446 e. The number of halogens is 4. The second kappa shape index (κ2) is 5.88. The summed E-state index contributed by atoms with van der Waals surface area (Å²) in [6, 6.07) is 6.03. The van der Waals surface area contributed by atoms with Crippen molar-refractivity contribution < 1.29 is 21.6 Å². The van der Waals surface area contributed by atoms with Crippen molar-refractivity contribution in [3.8, 4) is 0 Å². The van der Waals surface area contributed by atoms with E-state index in [1.54, 1.807) is 12.1 Å². The zero-order valence-corrected chi connectivity index (χ0v) is 13.4. The fourth-order valence-electron chi connectivity index (χ4n) is 2.18. The second-order valence-corrected chi connectivity index (χ2v) is 9.04. The molecule has 2 atom stereocenters. The number of benzene rings is 1. The lowest BCUT2D eigenvalue weighted by Gasteiger charge is -2.16. The number of sulfone groups is 1. The summed E-state index contributed by atoms with van der Waals surface area (Å²) in [5.41, 5.74) is -3.49. The predicted molar refractivity (Wildman–Crippen MR) is 76.8 cm³/mol. The Bertz CT molecular complexity index is 569. The summed E-state index contributed by atoms with van der Waals surface area (Å²) in [4.78, 5) is -0.0234. The quantitative estimate of drug-likeness (QED) is 0.575. The third-order valence-electron chi connectivity index (χ3n) is 3.11. The number of hydrogen-bond acceptors (Lipinski definition) is 3. The Morgan fingerprint density at radius 2 is 1.85 bits per heavy atom. The van der Waals surface area contributed by atoms with E-state index < -0.39 is 15.3 Å². The molecular weight excluding hydrogens is 377 g/mol. The Balaban J connectivity index is 2.06. The molecule has 0 aromatic heterocycles. The molecule has 2 unspecified atom stereocenters. The van der Waals surface area contributed by atoms with Crippen LogP contribution >= 0.6 is 27.7 Å². The molecule has 0 bridgehead atoms. The van der Waals surface area contributed by atoms with Crippen molar-refractivity contribution >= 4 is 37.5 Å². The Morgan fingerprint density at radius 1 is 1.25 bits per heavy atom. The van der Waals surface area contributed by atoms with Gasteiger partial charge in [-0.05, 0) is 41.8 Å². The SMILES string of the molecule is O=S1(=O)CCC(C(Br)c2ccc(SC(F)(F)F)cc2)C1. The molecule has 0 radical (unpaired) electrons. The van der Waals surface area contributed by atoms with E-state index in [0.717, 1.165) is 5.56 Å². The molecule has 0 aliphatic carbocycles. The summed E-state index contributed by atoms with van der Waals surface area (Å²) in [5.74, 6) is 0.283. The van der Waals surface area contributed by atoms with E-state index in [9.17, 15) is 21.6 Å². The molecule has 1 aromatic carbocycles. The summed E-state index contributed by atoms with van der Waals surface area (Å²) in [5, 5.41) is 0. The van der Waals surface area contributed by atoms with Crippen molar-refractivity contribution in [1.29, 1.82) is 0 Å². The van der Waals surface area contributed by atoms with Crippen molar-refractivity contribution in [2.45, 2.75) is 21.7 Å². The van der Waals surface area contributed by atoms with Crippen LogP contribution in [0.5, 0.6) is 0 Å². The van der Waals surface area contributed by atoms with Crippen LogP contribution in [-0.2, 0) is 9.84 Å². The summed E-state index contributed by atoms with van der Waals surface area (Å²) in [6.07, 6.45) is 0.581. The van der Waals surface area contributed by atoms with E-state index >= 15 is 0 Å². The van der Waals surface area contributed by atoms with E-state index in [1.807, 2.05) is 0 Å². The first-order chi connectivity index (χ1) is 9.16. The molecule has 1 saturated heterocycles. The maximum absolute atomic E-state index is 12.2. The van der Waals surface area contributed by atoms with Gasteiger partial charge in [0.05, 0.1) is 11.5 Å². The smallest absolute Gasteiger partial charge is 0.229 e. The predicted octanol–water partition coefficient (Wildman–Crippen LogP) is 4.17. The molecule has 1 fully saturated rings. The molecule has 1 heterocycles. The van der Waals surface area contributed by atoms with E-state index in [4.69, 9.17) is 0 Å². The summed E-state index contributed by atoms with van der Waals surface area (Å²) in [7, 11) is -2.96. The van der Waals surface area contributed by atoms with Crippen molar-refractivity contribution in [3.63, 3.8) is 0 Å². The molecule has 0 N–H and O–H groups in total. The molecule has 1 aliphatic rings. The Kier molecular flexibility index (Phi) is 4.76. The average molecular weight is 389 g/mol. The third kappa shape index (κ3) is 4.39. The van der Waals surface area contributed by atoms with Crippen LogP contribution in [0.2, 0.25) is 0 Å². The highest BCUT2D eigenvalue weighted by molar-refractivity contribution is 9.09. The van der Waals surface area contributed by atoms with Crippen molar-refractivity contribution in [3.05, 3.63) is 29.8 Å². The summed E-state index contributed by atoms with van der Waals surface area (Å²) < 4.78 is 59.5. The van der Waals surface area contributed by atoms with Gasteiger partial charge >= 0.3 is 5.51 Å². The minimum atomic E-state index is -4.30. The van der Waals surface area contributed by atoms with E-state index in [2.05, 4.69) is 15.9 Å². The van der Waals surface area contributed by atoms with Crippen LogP contribution in [0.1, 0.15) is 16.8 Å².